The second kappa shape index (κ2) is 4.75. The number of rotatable bonds is 3. The van der Waals surface area contributed by atoms with Crippen LogP contribution in [-0.4, -0.2) is 15.0 Å². The largest absolute Gasteiger partial charge is 0.392 e. The van der Waals surface area contributed by atoms with Crippen molar-refractivity contribution in [3.63, 3.8) is 0 Å². The first-order valence-corrected chi connectivity index (χ1v) is 4.77. The topological polar surface area (TPSA) is 76.3 Å². The molecule has 1 aromatic heterocycles. The number of alkyl halides is 2. The molecule has 0 fully saturated rings. The molecule has 0 saturated carbocycles. The first-order valence-electron chi connectivity index (χ1n) is 3.69. The highest BCUT2D eigenvalue weighted by Crippen LogP contribution is 2.30. The fourth-order valence-electron chi connectivity index (χ4n) is 0.998. The predicted octanol–water partition coefficient (Wildman–Crippen LogP) is 2.02. The quantitative estimate of drug-likeness (QED) is 0.523. The molecule has 0 saturated heterocycles. The van der Waals surface area contributed by atoms with Gasteiger partial charge in [-0.3, -0.25) is 10.1 Å². The number of hydrogen-bond donors (Lipinski definition) is 1. The van der Waals surface area contributed by atoms with Crippen LogP contribution in [0.2, 0.25) is 0 Å². The Morgan fingerprint density at radius 1 is 1.67 bits per heavy atom. The second-order valence-electron chi connectivity index (χ2n) is 2.54. The maximum absolute atomic E-state index is 12.4. The summed E-state index contributed by atoms with van der Waals surface area (Å²) in [4.78, 5) is 13.0. The molecule has 15 heavy (non-hydrogen) atoms. The lowest BCUT2D eigenvalue weighted by atomic mass is 10.2. The van der Waals surface area contributed by atoms with Gasteiger partial charge in [0.05, 0.1) is 15.1 Å². The van der Waals surface area contributed by atoms with Crippen molar-refractivity contribution in [1.29, 1.82) is 0 Å². The molecule has 8 heteroatoms. The summed E-state index contributed by atoms with van der Waals surface area (Å²) in [6, 6.07) is 0. The third-order valence-corrected chi connectivity index (χ3v) is 2.89. The molecular formula is C7H5F2IN2O3. The summed E-state index contributed by atoms with van der Waals surface area (Å²) >= 11 is 1.54. The smallest absolute Gasteiger partial charge is 0.301 e. The van der Waals surface area contributed by atoms with Crippen LogP contribution in [0.25, 0.3) is 0 Å². The van der Waals surface area contributed by atoms with Crippen molar-refractivity contribution in [3.05, 3.63) is 31.1 Å². The Kier molecular flexibility index (Phi) is 3.85. The van der Waals surface area contributed by atoms with Crippen LogP contribution < -0.4 is 0 Å². The Balaban J connectivity index is 3.39. The Bertz CT molecular complexity index is 400. The van der Waals surface area contributed by atoms with E-state index in [2.05, 4.69) is 4.98 Å². The Morgan fingerprint density at radius 2 is 2.27 bits per heavy atom. The van der Waals surface area contributed by atoms with Crippen LogP contribution in [0.4, 0.5) is 14.5 Å². The fraction of sp³-hybridized carbons (Fsp3) is 0.286. The molecule has 1 rings (SSSR count). The first kappa shape index (κ1) is 12.2. The molecule has 0 unspecified atom stereocenters. The normalized spacial score (nSPS) is 10.7. The van der Waals surface area contributed by atoms with Crippen molar-refractivity contribution in [2.24, 2.45) is 0 Å². The van der Waals surface area contributed by atoms with Gasteiger partial charge in [-0.15, -0.1) is 0 Å². The molecule has 1 N–H and O–H groups in total. The third kappa shape index (κ3) is 2.37. The van der Waals surface area contributed by atoms with Crippen molar-refractivity contribution in [2.75, 3.05) is 0 Å². The van der Waals surface area contributed by atoms with Gasteiger partial charge in [-0.1, -0.05) is 0 Å². The van der Waals surface area contributed by atoms with E-state index in [0.29, 0.717) is 0 Å². The molecular weight excluding hydrogens is 325 g/mol. The number of pyridine rings is 1. The molecule has 0 spiro atoms. The van der Waals surface area contributed by atoms with Crippen LogP contribution >= 0.6 is 22.6 Å². The van der Waals surface area contributed by atoms with Crippen LogP contribution in [0.15, 0.2) is 6.20 Å². The van der Waals surface area contributed by atoms with E-state index >= 15 is 0 Å². The van der Waals surface area contributed by atoms with Gasteiger partial charge in [-0.2, -0.15) is 0 Å². The van der Waals surface area contributed by atoms with Crippen molar-refractivity contribution in [1.82, 2.24) is 4.98 Å². The Hall–Kier alpha value is -0.900. The second-order valence-corrected chi connectivity index (χ2v) is 3.62. The summed E-state index contributed by atoms with van der Waals surface area (Å²) in [6.07, 6.45) is -2.09. The van der Waals surface area contributed by atoms with E-state index in [9.17, 15) is 18.9 Å². The lowest BCUT2D eigenvalue weighted by Gasteiger charge is -2.07. The molecule has 0 radical (unpaired) electrons. The monoisotopic (exact) mass is 330 g/mol. The maximum atomic E-state index is 12.4. The standard InChI is InChI=1S/C7H5F2IN2O3/c8-7(9)6-3(2-13)5(10)4(1-11-6)12(14)15/h1,7,13H,2H2. The summed E-state index contributed by atoms with van der Waals surface area (Å²) in [7, 11) is 0. The molecule has 0 amide bonds. The highest BCUT2D eigenvalue weighted by atomic mass is 127. The van der Waals surface area contributed by atoms with Crippen molar-refractivity contribution in [3.8, 4) is 0 Å². The van der Waals surface area contributed by atoms with Crippen LogP contribution in [0.3, 0.4) is 0 Å². The number of aliphatic hydroxyl groups is 1. The SMILES string of the molecule is O=[N+]([O-])c1cnc(C(F)F)c(CO)c1I. The number of aliphatic hydroxyl groups excluding tert-OH is 1. The highest BCUT2D eigenvalue weighted by Gasteiger charge is 2.23. The number of nitro groups is 1. The van der Waals surface area contributed by atoms with Gasteiger partial charge >= 0.3 is 5.69 Å². The molecule has 5 nitrogen and oxygen atoms in total. The molecule has 0 aliphatic heterocycles. The predicted molar refractivity (Wildman–Crippen MR) is 54.5 cm³/mol. The number of hydrogen-bond acceptors (Lipinski definition) is 4. The van der Waals surface area contributed by atoms with Crippen molar-refractivity contribution in [2.45, 2.75) is 13.0 Å². The molecule has 1 heterocycles. The lowest BCUT2D eigenvalue weighted by molar-refractivity contribution is -0.386. The number of nitrogens with zero attached hydrogens (tertiary/aromatic N) is 2. The average Bonchev–Trinajstić information content (AvgIpc) is 2.16. The molecule has 0 bridgehead atoms. The third-order valence-electron chi connectivity index (χ3n) is 1.69. The van der Waals surface area contributed by atoms with E-state index in [0.717, 1.165) is 6.20 Å². The molecule has 82 valence electrons. The molecule has 1 aromatic rings. The van der Waals surface area contributed by atoms with Gasteiger partial charge in [0.1, 0.15) is 11.9 Å². The zero-order valence-corrected chi connectivity index (χ0v) is 9.31. The minimum Gasteiger partial charge on any atom is -0.392 e. The Morgan fingerprint density at radius 3 is 2.67 bits per heavy atom. The van der Waals surface area contributed by atoms with E-state index in [4.69, 9.17) is 5.11 Å². The van der Waals surface area contributed by atoms with E-state index in [1.165, 1.54) is 0 Å². The van der Waals surface area contributed by atoms with Crippen LogP contribution in [0.1, 0.15) is 17.7 Å². The van der Waals surface area contributed by atoms with Crippen molar-refractivity contribution >= 4 is 28.3 Å². The maximum Gasteiger partial charge on any atom is 0.301 e. The van der Waals surface area contributed by atoms with Crippen LogP contribution in [-0.2, 0) is 6.61 Å². The van der Waals surface area contributed by atoms with E-state index in [-0.39, 0.29) is 14.8 Å². The minimum atomic E-state index is -2.86. The average molecular weight is 330 g/mol. The van der Waals surface area contributed by atoms with Gasteiger partial charge in [0.15, 0.2) is 0 Å². The van der Waals surface area contributed by atoms with Gasteiger partial charge in [0.2, 0.25) is 0 Å². The zero-order chi connectivity index (χ0) is 11.6. The van der Waals surface area contributed by atoms with Crippen LogP contribution in [0, 0.1) is 13.7 Å². The summed E-state index contributed by atoms with van der Waals surface area (Å²) < 4.78 is 24.8. The minimum absolute atomic E-state index is 0.00889. The number of halogens is 3. The fourth-order valence-corrected chi connectivity index (χ4v) is 1.78. The summed E-state index contributed by atoms with van der Waals surface area (Å²) in [5.41, 5.74) is -1.20. The summed E-state index contributed by atoms with van der Waals surface area (Å²) in [6.45, 7) is -0.702. The van der Waals surface area contributed by atoms with Gasteiger partial charge in [0.25, 0.3) is 6.43 Å². The van der Waals surface area contributed by atoms with Gasteiger partial charge in [0, 0.05) is 5.56 Å². The van der Waals surface area contributed by atoms with Gasteiger partial charge in [-0.05, 0) is 22.6 Å². The summed E-state index contributed by atoms with van der Waals surface area (Å²) in [5, 5.41) is 19.3. The summed E-state index contributed by atoms with van der Waals surface area (Å²) in [5.74, 6) is 0. The molecule has 0 aromatic carbocycles. The Labute approximate surface area is 96.4 Å². The molecule has 0 aliphatic carbocycles. The van der Waals surface area contributed by atoms with Crippen LogP contribution in [0.5, 0.6) is 0 Å². The van der Waals surface area contributed by atoms with Gasteiger partial charge < -0.3 is 5.11 Å². The molecule has 0 aliphatic rings. The van der Waals surface area contributed by atoms with E-state index < -0.39 is 23.6 Å². The van der Waals surface area contributed by atoms with Crippen molar-refractivity contribution < 1.29 is 18.8 Å². The zero-order valence-electron chi connectivity index (χ0n) is 7.15. The number of aromatic nitrogens is 1. The molecule has 0 atom stereocenters. The van der Waals surface area contributed by atoms with Gasteiger partial charge in [-0.25, -0.2) is 13.8 Å². The first-order chi connectivity index (χ1) is 6.99. The highest BCUT2D eigenvalue weighted by molar-refractivity contribution is 14.1. The van der Waals surface area contributed by atoms with E-state index in [1.807, 2.05) is 0 Å². The van der Waals surface area contributed by atoms with E-state index in [1.54, 1.807) is 22.6 Å². The lowest BCUT2D eigenvalue weighted by Crippen LogP contribution is -2.05.